The number of nitrogens with one attached hydrogen (secondary N) is 4. The van der Waals surface area contributed by atoms with E-state index in [1.54, 1.807) is 84.9 Å². The molecule has 8 rings (SSSR count). The molecule has 0 aliphatic heterocycles. The highest BCUT2D eigenvalue weighted by molar-refractivity contribution is 7.86. The second-order valence-corrected chi connectivity index (χ2v) is 23.0. The number of carbonyl (C=O) groups is 2. The van der Waals surface area contributed by atoms with Crippen molar-refractivity contribution >= 4 is 147 Å². The van der Waals surface area contributed by atoms with Crippen molar-refractivity contribution in [3.05, 3.63) is 174 Å². The van der Waals surface area contributed by atoms with Crippen LogP contribution in [-0.2, 0) is 57.1 Å². The summed E-state index contributed by atoms with van der Waals surface area (Å²) in [5.41, 5.74) is 28.2. The molecule has 0 atom stereocenters. The Morgan fingerprint density at radius 2 is 0.835 bits per heavy atom. The fraction of sp³-hybridized carbons (Fsp3) is 0.0800. The largest absolute Gasteiger partial charge is 0.487 e. The van der Waals surface area contributed by atoms with Crippen LogP contribution in [0, 0.1) is 0 Å². The fourth-order valence-corrected chi connectivity index (χ4v) is 9.13. The number of ether oxygens (including phenoxy) is 2. The van der Waals surface area contributed by atoms with Crippen LogP contribution in [0.3, 0.4) is 0 Å². The number of amides is 4. The minimum absolute atomic E-state index is 0.0177. The van der Waals surface area contributed by atoms with E-state index >= 15 is 0 Å². The van der Waals surface area contributed by atoms with Gasteiger partial charge in [-0.15, -0.1) is 7.77 Å². The van der Waals surface area contributed by atoms with Gasteiger partial charge in [-0.05, 0) is 107 Å². The average Bonchev–Trinajstić information content (AvgIpc) is 2.24. The van der Waals surface area contributed by atoms with Gasteiger partial charge in [-0.1, -0.05) is 106 Å². The molecule has 35 heteroatoms. The van der Waals surface area contributed by atoms with E-state index in [9.17, 15) is 34.2 Å². The predicted octanol–water partition coefficient (Wildman–Crippen LogP) is 11.0. The number of urea groups is 2. The van der Waals surface area contributed by atoms with E-state index in [2.05, 4.69) is 41.2 Å². The lowest BCUT2D eigenvalue weighted by molar-refractivity contribution is 0.251. The number of nitrogen functional groups attached to an aromatic ring is 4. The van der Waals surface area contributed by atoms with Crippen molar-refractivity contribution in [1.82, 2.24) is 30.6 Å². The van der Waals surface area contributed by atoms with Crippen molar-refractivity contribution in [2.45, 2.75) is 36.1 Å². The average molecular weight is 1350 g/mol. The Balaban J connectivity index is 0.000000252. The number of rotatable bonds is 16. The highest BCUT2D eigenvalue weighted by Gasteiger charge is 2.20. The molecule has 8 aromatic rings. The molecule has 0 unspecified atom stereocenters. The summed E-state index contributed by atoms with van der Waals surface area (Å²) in [6, 6.07) is 28.5. The molecule has 85 heavy (non-hydrogen) atoms. The van der Waals surface area contributed by atoms with Crippen molar-refractivity contribution in [3.8, 4) is 33.8 Å². The molecule has 0 radical (unpaired) electrons. The number of carbonyl (C=O) groups excluding carboxylic acids is 2. The van der Waals surface area contributed by atoms with E-state index in [1.807, 2.05) is 0 Å². The third-order valence-electron chi connectivity index (χ3n) is 10.9. The summed E-state index contributed by atoms with van der Waals surface area (Å²) in [7, 11) is -14.6. The quantitative estimate of drug-likeness (QED) is 0.0317. The lowest BCUT2D eigenvalue weighted by atomic mass is 10.0. The number of hydrogen-bond donors (Lipinski definition) is 10. The van der Waals surface area contributed by atoms with Crippen molar-refractivity contribution in [2.24, 2.45) is 0 Å². The van der Waals surface area contributed by atoms with Gasteiger partial charge in [-0.3, -0.25) is 9.11 Å². The van der Waals surface area contributed by atoms with Crippen molar-refractivity contribution in [2.75, 3.05) is 33.6 Å². The van der Waals surface area contributed by atoms with Crippen molar-refractivity contribution < 1.29 is 61.2 Å². The standard InChI is InChI=1S/2C25H20Cl3FN6O4S.H2O4S/c2*26-17-6-4-14(9-19(17)28)22-21(33-24(31)35-23(22)30)12-39-15-3-1-2-13(8-15)11-32-25(36)34-20-10-16(40(29,37)38)5-7-18(20)27;1-5(2,3)4/h2*1-10H,11-12H2,(H2,32,34,36)(H4,30,31,33,35);(H2,1,2,3,4). The molecule has 24 nitrogen and oxygen atoms in total. The van der Waals surface area contributed by atoms with Crippen LogP contribution in [0.4, 0.5) is 52.3 Å². The number of benzene rings is 6. The molecule has 2 heterocycles. The monoisotopic (exact) mass is 1350 g/mol. The Hall–Kier alpha value is -7.81. The Morgan fingerprint density at radius 1 is 0.482 bits per heavy atom. The molecule has 14 N–H and O–H groups in total. The maximum absolute atomic E-state index is 13.3. The smallest absolute Gasteiger partial charge is 0.394 e. The minimum Gasteiger partial charge on any atom is -0.487 e. The number of anilines is 6. The predicted molar refractivity (Wildman–Crippen MR) is 320 cm³/mol. The van der Waals surface area contributed by atoms with Crippen LogP contribution in [0.5, 0.6) is 11.5 Å². The molecule has 2 aromatic heterocycles. The van der Waals surface area contributed by atoms with Crippen LogP contribution in [0.1, 0.15) is 22.5 Å². The molecule has 0 fully saturated rings. The summed E-state index contributed by atoms with van der Waals surface area (Å²) in [6.45, 7) is 0.111. The van der Waals surface area contributed by atoms with Gasteiger partial charge in [0.1, 0.15) is 46.1 Å². The van der Waals surface area contributed by atoms with E-state index in [0.29, 0.717) is 76.4 Å². The zero-order valence-electron chi connectivity index (χ0n) is 42.7. The molecule has 0 saturated carbocycles. The number of aromatic nitrogens is 4. The first-order valence-electron chi connectivity index (χ1n) is 23.3. The van der Waals surface area contributed by atoms with E-state index in [0.717, 1.165) is 36.4 Å². The van der Waals surface area contributed by atoms with E-state index in [1.165, 1.54) is 0 Å². The van der Waals surface area contributed by atoms with Crippen LogP contribution in [0.25, 0.3) is 22.3 Å². The van der Waals surface area contributed by atoms with Gasteiger partial charge in [0.25, 0.3) is 0 Å². The fourth-order valence-electron chi connectivity index (χ4n) is 7.23. The van der Waals surface area contributed by atoms with Gasteiger partial charge >= 0.3 is 42.9 Å². The van der Waals surface area contributed by atoms with Gasteiger partial charge in [-0.2, -0.15) is 35.2 Å². The van der Waals surface area contributed by atoms with Crippen LogP contribution in [0.15, 0.2) is 131 Å². The summed E-state index contributed by atoms with van der Waals surface area (Å²) in [4.78, 5) is 40.1. The van der Waals surface area contributed by atoms with Crippen LogP contribution in [0.2, 0.25) is 30.1 Å². The maximum Gasteiger partial charge on any atom is 0.394 e. The van der Waals surface area contributed by atoms with E-state index < -0.39 is 52.7 Å². The summed E-state index contributed by atoms with van der Waals surface area (Å²) < 4.78 is 115. The Labute approximate surface area is 513 Å². The minimum atomic E-state index is -4.97. The van der Waals surface area contributed by atoms with Gasteiger partial charge < -0.3 is 53.7 Å². The zero-order valence-corrected chi connectivity index (χ0v) is 49.7. The molecular formula is C50H42Cl6F2N12O12S3. The topological polar surface area (TPSA) is 399 Å². The summed E-state index contributed by atoms with van der Waals surface area (Å²) in [5.74, 6) is 1.14. The molecule has 6 aromatic carbocycles. The van der Waals surface area contributed by atoms with Gasteiger partial charge in [0.05, 0.1) is 52.9 Å². The molecule has 0 saturated heterocycles. The van der Waals surface area contributed by atoms with Gasteiger partial charge in [0.2, 0.25) is 11.9 Å². The lowest BCUT2D eigenvalue weighted by Crippen LogP contribution is -2.28. The molecule has 448 valence electrons. The second-order valence-electron chi connectivity index (χ2n) is 16.9. The van der Waals surface area contributed by atoms with Crippen LogP contribution < -0.4 is 53.7 Å². The maximum atomic E-state index is 13.3. The molecular weight excluding hydrogens is 1310 g/mol. The SMILES string of the molecule is Nc1nc(N)c(-c2ccc(Cl)c(Cl)c2)c(COc2cccc(CNC(=O)Nc3cc(S(=O)(=O)F)ccc3Cl)c2)n1.Nc1nc(N)c(-c2ccc(Cl)c(Cl)c2)c(COc2cccc(CNC(=O)Nc3cc(S(=O)(=O)F)ccc3Cl)c2)n1.O=S(=O)(O)O. The van der Waals surface area contributed by atoms with Gasteiger partial charge in [0, 0.05) is 24.2 Å². The number of halogens is 8. The highest BCUT2D eigenvalue weighted by Crippen LogP contribution is 2.36. The number of hydrogen-bond acceptors (Lipinski definition) is 18. The van der Waals surface area contributed by atoms with Gasteiger partial charge in [0.15, 0.2) is 0 Å². The second kappa shape index (κ2) is 28.9. The number of nitrogens with two attached hydrogens (primary N) is 4. The molecule has 0 aliphatic carbocycles. The van der Waals surface area contributed by atoms with Crippen molar-refractivity contribution in [1.29, 1.82) is 0 Å². The van der Waals surface area contributed by atoms with Crippen LogP contribution in [-0.4, -0.2) is 66.4 Å². The lowest BCUT2D eigenvalue weighted by Gasteiger charge is -2.14. The van der Waals surface area contributed by atoms with Gasteiger partial charge in [-0.25, -0.2) is 19.6 Å². The Bertz CT molecular complexity index is 3930. The highest BCUT2D eigenvalue weighted by atomic mass is 35.5. The van der Waals surface area contributed by atoms with E-state index in [4.69, 9.17) is 120 Å². The first-order chi connectivity index (χ1) is 39.8. The Morgan fingerprint density at radius 3 is 1.18 bits per heavy atom. The molecule has 4 amide bonds. The summed E-state index contributed by atoms with van der Waals surface area (Å²) >= 11 is 36.4. The summed E-state index contributed by atoms with van der Waals surface area (Å²) in [6.07, 6.45) is 0. The summed E-state index contributed by atoms with van der Waals surface area (Å²) in [5, 5.41) is 11.5. The van der Waals surface area contributed by atoms with Crippen molar-refractivity contribution in [3.63, 3.8) is 0 Å². The third-order valence-corrected chi connectivity index (χ3v) is 14.6. The first-order valence-corrected chi connectivity index (χ1v) is 29.7. The van der Waals surface area contributed by atoms with E-state index in [-0.39, 0.29) is 71.3 Å². The number of nitrogens with zero attached hydrogens (tertiary/aromatic N) is 4. The third kappa shape index (κ3) is 20.2. The first kappa shape index (κ1) is 66.3. The zero-order chi connectivity index (χ0) is 62.6. The normalized spacial score (nSPS) is 11.2. The molecule has 0 bridgehead atoms. The molecule has 0 spiro atoms. The Kier molecular flexibility index (Phi) is 22.5. The molecule has 0 aliphatic rings. The van der Waals surface area contributed by atoms with Crippen LogP contribution >= 0.6 is 69.6 Å².